The van der Waals surface area contributed by atoms with E-state index in [0.29, 0.717) is 17.3 Å². The highest BCUT2D eigenvalue weighted by atomic mass is 35.5. The molecule has 1 fully saturated rings. The van der Waals surface area contributed by atoms with Gasteiger partial charge in [0.25, 0.3) is 5.91 Å². The summed E-state index contributed by atoms with van der Waals surface area (Å²) < 4.78 is 5.13. The fourth-order valence-electron chi connectivity index (χ4n) is 3.19. The van der Waals surface area contributed by atoms with E-state index in [1.165, 1.54) is 0 Å². The molecule has 2 amide bonds. The van der Waals surface area contributed by atoms with E-state index >= 15 is 0 Å². The molecule has 29 heavy (non-hydrogen) atoms. The highest BCUT2D eigenvalue weighted by Crippen LogP contribution is 2.24. The standard InChI is InChI=1S/C22H23ClN2O4/c1-14-7-8-18(9-15(14)2)24-20(26)13-29-22(28)17-10-21(27)25(12-17)11-16-5-3-4-6-19(16)23/h3-9,17H,10-13H2,1-2H3,(H,24,26)/t17-/m0/s1. The molecule has 2 aromatic rings. The Morgan fingerprint density at radius 1 is 1.17 bits per heavy atom. The van der Waals surface area contributed by atoms with Crippen LogP contribution in [0.25, 0.3) is 0 Å². The van der Waals surface area contributed by atoms with E-state index in [9.17, 15) is 14.4 Å². The van der Waals surface area contributed by atoms with Gasteiger partial charge in [0.15, 0.2) is 6.61 Å². The van der Waals surface area contributed by atoms with Crippen molar-refractivity contribution in [3.8, 4) is 0 Å². The third kappa shape index (κ3) is 5.35. The molecule has 0 saturated carbocycles. The number of halogens is 1. The predicted octanol–water partition coefficient (Wildman–Crippen LogP) is 3.49. The Morgan fingerprint density at radius 3 is 2.66 bits per heavy atom. The highest BCUT2D eigenvalue weighted by Gasteiger charge is 2.35. The smallest absolute Gasteiger partial charge is 0.311 e. The number of likely N-dealkylation sites (tertiary alicyclic amines) is 1. The van der Waals surface area contributed by atoms with Gasteiger partial charge < -0.3 is 15.0 Å². The molecule has 0 spiro atoms. The molecule has 0 unspecified atom stereocenters. The summed E-state index contributed by atoms with van der Waals surface area (Å²) in [4.78, 5) is 38.2. The van der Waals surface area contributed by atoms with Crippen LogP contribution in [0.1, 0.15) is 23.1 Å². The van der Waals surface area contributed by atoms with Crippen molar-refractivity contribution in [2.45, 2.75) is 26.8 Å². The van der Waals surface area contributed by atoms with E-state index in [2.05, 4.69) is 5.32 Å². The number of carbonyl (C=O) groups is 3. The summed E-state index contributed by atoms with van der Waals surface area (Å²) in [6.07, 6.45) is 0.0715. The average Bonchev–Trinajstić information content (AvgIpc) is 3.05. The van der Waals surface area contributed by atoms with Crippen LogP contribution in [0, 0.1) is 19.8 Å². The van der Waals surface area contributed by atoms with Crippen LogP contribution >= 0.6 is 11.6 Å². The molecule has 1 aliphatic heterocycles. The maximum atomic E-state index is 12.3. The number of hydrogen-bond acceptors (Lipinski definition) is 4. The molecule has 3 rings (SSSR count). The van der Waals surface area contributed by atoms with Crippen molar-refractivity contribution in [1.29, 1.82) is 0 Å². The minimum absolute atomic E-state index is 0.0715. The number of esters is 1. The van der Waals surface area contributed by atoms with Gasteiger partial charge >= 0.3 is 5.97 Å². The van der Waals surface area contributed by atoms with Crippen LogP contribution in [0.3, 0.4) is 0 Å². The van der Waals surface area contributed by atoms with Crippen LogP contribution in [0.5, 0.6) is 0 Å². The Bertz CT molecular complexity index is 944. The number of ether oxygens (including phenoxy) is 1. The molecule has 1 heterocycles. The number of benzene rings is 2. The Morgan fingerprint density at radius 2 is 1.93 bits per heavy atom. The molecule has 0 aliphatic carbocycles. The summed E-state index contributed by atoms with van der Waals surface area (Å²) in [7, 11) is 0. The maximum Gasteiger partial charge on any atom is 0.311 e. The van der Waals surface area contributed by atoms with Gasteiger partial charge in [0.1, 0.15) is 0 Å². The van der Waals surface area contributed by atoms with Gasteiger partial charge in [-0.15, -0.1) is 0 Å². The molecule has 0 radical (unpaired) electrons. The topological polar surface area (TPSA) is 75.7 Å². The third-order valence-electron chi connectivity index (χ3n) is 5.00. The fraction of sp³-hybridized carbons (Fsp3) is 0.318. The number of hydrogen-bond donors (Lipinski definition) is 1. The van der Waals surface area contributed by atoms with Crippen molar-refractivity contribution in [3.63, 3.8) is 0 Å². The van der Waals surface area contributed by atoms with Gasteiger partial charge in [0.2, 0.25) is 5.91 Å². The lowest BCUT2D eigenvalue weighted by molar-refractivity contribution is -0.151. The van der Waals surface area contributed by atoms with Gasteiger partial charge in [0.05, 0.1) is 5.92 Å². The molecule has 1 saturated heterocycles. The summed E-state index contributed by atoms with van der Waals surface area (Å²) in [6, 6.07) is 12.8. The molecule has 1 atom stereocenters. The number of nitrogens with zero attached hydrogens (tertiary/aromatic N) is 1. The number of rotatable bonds is 6. The normalized spacial score (nSPS) is 16.0. The first-order valence-electron chi connectivity index (χ1n) is 9.38. The van der Waals surface area contributed by atoms with Crippen LogP contribution < -0.4 is 5.32 Å². The summed E-state index contributed by atoms with van der Waals surface area (Å²) in [5.74, 6) is -1.68. The predicted molar refractivity (Wildman–Crippen MR) is 110 cm³/mol. The molecular weight excluding hydrogens is 392 g/mol. The van der Waals surface area contributed by atoms with Crippen LogP contribution in [0.15, 0.2) is 42.5 Å². The van der Waals surface area contributed by atoms with E-state index in [-0.39, 0.29) is 25.5 Å². The average molecular weight is 415 g/mol. The summed E-state index contributed by atoms with van der Waals surface area (Å²) in [6.45, 7) is 4.15. The minimum atomic E-state index is -0.584. The molecule has 2 aromatic carbocycles. The number of nitrogens with one attached hydrogen (secondary N) is 1. The molecule has 152 valence electrons. The van der Waals surface area contributed by atoms with Crippen LogP contribution in [-0.4, -0.2) is 35.8 Å². The fourth-order valence-corrected chi connectivity index (χ4v) is 3.38. The van der Waals surface area contributed by atoms with Crippen molar-refractivity contribution in [2.75, 3.05) is 18.5 Å². The lowest BCUT2D eigenvalue weighted by Crippen LogP contribution is -2.28. The lowest BCUT2D eigenvalue weighted by Gasteiger charge is -2.17. The summed E-state index contributed by atoms with van der Waals surface area (Å²) in [5, 5.41) is 3.28. The van der Waals surface area contributed by atoms with E-state index in [1.54, 1.807) is 17.0 Å². The largest absolute Gasteiger partial charge is 0.455 e. The molecular formula is C22H23ClN2O4. The second-order valence-electron chi connectivity index (χ2n) is 7.22. The Balaban J connectivity index is 1.49. The van der Waals surface area contributed by atoms with Gasteiger partial charge in [-0.2, -0.15) is 0 Å². The first kappa shape index (κ1) is 20.9. The third-order valence-corrected chi connectivity index (χ3v) is 5.37. The lowest BCUT2D eigenvalue weighted by atomic mass is 10.1. The monoisotopic (exact) mass is 414 g/mol. The second kappa shape index (κ2) is 9.09. The second-order valence-corrected chi connectivity index (χ2v) is 7.63. The van der Waals surface area contributed by atoms with Crippen molar-refractivity contribution in [2.24, 2.45) is 5.92 Å². The van der Waals surface area contributed by atoms with E-state index in [1.807, 2.05) is 44.2 Å². The molecule has 1 aliphatic rings. The van der Waals surface area contributed by atoms with Gasteiger partial charge in [0, 0.05) is 30.2 Å². The van der Waals surface area contributed by atoms with Gasteiger partial charge in [-0.25, -0.2) is 0 Å². The first-order chi connectivity index (χ1) is 13.8. The molecule has 7 heteroatoms. The van der Waals surface area contributed by atoms with Crippen molar-refractivity contribution in [1.82, 2.24) is 4.90 Å². The SMILES string of the molecule is Cc1ccc(NC(=O)COC(=O)[C@H]2CC(=O)N(Cc3ccccc3Cl)C2)cc1C. The van der Waals surface area contributed by atoms with Crippen LogP contribution in [-0.2, 0) is 25.7 Å². The van der Waals surface area contributed by atoms with Gasteiger partial charge in [-0.1, -0.05) is 35.9 Å². The van der Waals surface area contributed by atoms with Crippen molar-refractivity contribution in [3.05, 3.63) is 64.2 Å². The van der Waals surface area contributed by atoms with E-state index < -0.39 is 17.8 Å². The number of aryl methyl sites for hydroxylation is 2. The Hall–Kier alpha value is -2.86. The Kier molecular flexibility index (Phi) is 6.54. The summed E-state index contributed by atoms with van der Waals surface area (Å²) in [5.41, 5.74) is 3.66. The zero-order valence-corrected chi connectivity index (χ0v) is 17.2. The first-order valence-corrected chi connectivity index (χ1v) is 9.76. The zero-order chi connectivity index (χ0) is 21.0. The maximum absolute atomic E-state index is 12.3. The van der Waals surface area contributed by atoms with Crippen molar-refractivity contribution < 1.29 is 19.1 Å². The van der Waals surface area contributed by atoms with Crippen molar-refractivity contribution >= 4 is 35.1 Å². The quantitative estimate of drug-likeness (QED) is 0.734. The molecule has 0 bridgehead atoms. The summed E-state index contributed by atoms with van der Waals surface area (Å²) >= 11 is 6.14. The van der Waals surface area contributed by atoms with Crippen LogP contribution in [0.2, 0.25) is 5.02 Å². The molecule has 6 nitrogen and oxygen atoms in total. The highest BCUT2D eigenvalue weighted by molar-refractivity contribution is 6.31. The molecule has 1 N–H and O–H groups in total. The Labute approximate surface area is 174 Å². The van der Waals surface area contributed by atoms with E-state index in [4.69, 9.17) is 16.3 Å². The number of amides is 2. The number of anilines is 1. The zero-order valence-electron chi connectivity index (χ0n) is 16.4. The minimum Gasteiger partial charge on any atom is -0.455 e. The molecule has 0 aromatic heterocycles. The number of carbonyl (C=O) groups excluding carboxylic acids is 3. The van der Waals surface area contributed by atoms with Gasteiger partial charge in [-0.05, 0) is 48.7 Å². The van der Waals surface area contributed by atoms with E-state index in [0.717, 1.165) is 16.7 Å². The van der Waals surface area contributed by atoms with Gasteiger partial charge in [-0.3, -0.25) is 14.4 Å². The van der Waals surface area contributed by atoms with Crippen LogP contribution in [0.4, 0.5) is 5.69 Å².